The Morgan fingerprint density at radius 2 is 1.55 bits per heavy atom. The summed E-state index contributed by atoms with van der Waals surface area (Å²) in [5.41, 5.74) is 3.76. The molecule has 0 aromatic heterocycles. The minimum absolute atomic E-state index is 0.129. The normalized spacial score (nSPS) is 24.4. The molecular weight excluding hydrogens is 506 g/mol. The van der Waals surface area contributed by atoms with Crippen molar-refractivity contribution in [2.45, 2.75) is 12.8 Å². The highest BCUT2D eigenvalue weighted by atomic mass is 16.7. The highest BCUT2D eigenvalue weighted by Gasteiger charge is 2.60. The third kappa shape index (κ3) is 3.21. The van der Waals surface area contributed by atoms with E-state index in [1.807, 2.05) is 85.8 Å². The molecule has 0 radical (unpaired) electrons. The molecule has 0 bridgehead atoms. The Bertz CT molecular complexity index is 1820. The Hall–Kier alpha value is -4.91. The number of esters is 1. The van der Waals surface area contributed by atoms with Crippen molar-refractivity contribution in [3.63, 3.8) is 0 Å². The summed E-state index contributed by atoms with van der Waals surface area (Å²) in [5.74, 6) is -2.57. The number of anilines is 1. The third-order valence-corrected chi connectivity index (χ3v) is 8.52. The lowest BCUT2D eigenvalue weighted by atomic mass is 9.64. The lowest BCUT2D eigenvalue weighted by Crippen LogP contribution is -2.42. The molecule has 7 nitrogen and oxygen atoms in total. The Balaban J connectivity index is 1.31. The van der Waals surface area contributed by atoms with E-state index >= 15 is 0 Å². The topological polar surface area (TPSA) is 82.1 Å². The van der Waals surface area contributed by atoms with Gasteiger partial charge in [0.05, 0.1) is 23.4 Å². The van der Waals surface area contributed by atoms with E-state index < -0.39 is 29.6 Å². The number of hydrogen-bond donors (Lipinski definition) is 0. The minimum atomic E-state index is -0.906. The number of carbonyl (C=O) groups is 3. The summed E-state index contributed by atoms with van der Waals surface area (Å²) in [6.07, 6.45) is 1.98. The van der Waals surface area contributed by atoms with Crippen molar-refractivity contribution in [3.05, 3.63) is 102 Å². The van der Waals surface area contributed by atoms with Gasteiger partial charge in [-0.1, -0.05) is 54.6 Å². The van der Waals surface area contributed by atoms with Crippen LogP contribution in [-0.2, 0) is 14.4 Å². The first-order valence-corrected chi connectivity index (χ1v) is 13.3. The van der Waals surface area contributed by atoms with Gasteiger partial charge in [0.2, 0.25) is 18.6 Å². The molecule has 0 saturated carbocycles. The van der Waals surface area contributed by atoms with E-state index in [-0.39, 0.29) is 18.6 Å². The van der Waals surface area contributed by atoms with Crippen molar-refractivity contribution in [1.29, 1.82) is 0 Å². The molecule has 4 aromatic carbocycles. The average molecular weight is 530 g/mol. The maximum absolute atomic E-state index is 14.2. The zero-order valence-electron chi connectivity index (χ0n) is 21.5. The first kappa shape index (κ1) is 23.0. The predicted octanol–water partition coefficient (Wildman–Crippen LogP) is 5.40. The second-order valence-corrected chi connectivity index (χ2v) is 10.8. The number of rotatable bonds is 2. The molecule has 3 aliphatic heterocycles. The van der Waals surface area contributed by atoms with Gasteiger partial charge in [-0.2, -0.15) is 0 Å². The fourth-order valence-electron chi connectivity index (χ4n) is 6.68. The standard InChI is InChI=1S/C33H23NO6/c1-17-6-10-22-24-15-23(20-8-11-25-27(14-20)39-16-38-25)28-30(29(24)33(37)40-26(22)12-17)32(36)34(31(28)35)21-9-7-18-4-2-3-5-19(18)13-21/h2-15,23,28-30H,16H2,1H3/t23-,28+,29-,30+/m1/s1. The summed E-state index contributed by atoms with van der Waals surface area (Å²) in [6.45, 7) is 2.06. The van der Waals surface area contributed by atoms with Gasteiger partial charge in [-0.3, -0.25) is 14.4 Å². The highest BCUT2D eigenvalue weighted by molar-refractivity contribution is 6.25. The SMILES string of the molecule is Cc1ccc2c(c1)OC(=O)[C@@H]1C2=C[C@H](c2ccc3c(c2)OCO3)[C@@H]2C(=O)N(c3ccc4ccccc4c3)C(=O)[C@H]12. The number of imide groups is 1. The molecule has 0 spiro atoms. The Morgan fingerprint density at radius 1 is 0.750 bits per heavy atom. The summed E-state index contributed by atoms with van der Waals surface area (Å²) in [6, 6.07) is 24.6. The molecule has 2 amide bonds. The van der Waals surface area contributed by atoms with Crippen molar-refractivity contribution >= 4 is 39.8 Å². The lowest BCUT2D eigenvalue weighted by molar-refractivity contribution is -0.142. The van der Waals surface area contributed by atoms with Gasteiger partial charge in [0.15, 0.2) is 11.5 Å². The van der Waals surface area contributed by atoms with Crippen LogP contribution in [0.2, 0.25) is 0 Å². The number of carbonyl (C=O) groups excluding carboxylic acids is 3. The Kier molecular flexibility index (Phi) is 4.77. The molecule has 1 saturated heterocycles. The number of amides is 2. The van der Waals surface area contributed by atoms with Crippen molar-refractivity contribution in [3.8, 4) is 17.2 Å². The monoisotopic (exact) mass is 529 g/mol. The Labute approximate surface area is 229 Å². The van der Waals surface area contributed by atoms with Crippen LogP contribution in [0.3, 0.4) is 0 Å². The van der Waals surface area contributed by atoms with Gasteiger partial charge in [0.25, 0.3) is 0 Å². The fraction of sp³-hybridized carbons (Fsp3) is 0.182. The van der Waals surface area contributed by atoms with Crippen molar-refractivity contribution < 1.29 is 28.6 Å². The molecule has 8 rings (SSSR count). The molecule has 1 aliphatic carbocycles. The van der Waals surface area contributed by atoms with Crippen LogP contribution in [0.25, 0.3) is 16.3 Å². The molecule has 4 aliphatic rings. The molecule has 7 heteroatoms. The van der Waals surface area contributed by atoms with Gasteiger partial charge in [0.1, 0.15) is 5.75 Å². The Morgan fingerprint density at radius 3 is 2.42 bits per heavy atom. The quantitative estimate of drug-likeness (QED) is 0.197. The van der Waals surface area contributed by atoms with Gasteiger partial charge >= 0.3 is 5.97 Å². The van der Waals surface area contributed by atoms with Gasteiger partial charge in [-0.15, -0.1) is 0 Å². The first-order valence-electron chi connectivity index (χ1n) is 13.3. The van der Waals surface area contributed by atoms with Crippen LogP contribution in [0, 0.1) is 24.7 Å². The lowest BCUT2D eigenvalue weighted by Gasteiger charge is -2.38. The van der Waals surface area contributed by atoms with Crippen molar-refractivity contribution in [2.75, 3.05) is 11.7 Å². The van der Waals surface area contributed by atoms with Crippen LogP contribution in [0.4, 0.5) is 5.69 Å². The largest absolute Gasteiger partial charge is 0.454 e. The minimum Gasteiger partial charge on any atom is -0.454 e. The molecule has 0 N–H and O–H groups in total. The van der Waals surface area contributed by atoms with Gasteiger partial charge < -0.3 is 14.2 Å². The zero-order valence-corrected chi connectivity index (χ0v) is 21.5. The fourth-order valence-corrected chi connectivity index (χ4v) is 6.68. The zero-order chi connectivity index (χ0) is 27.1. The number of allylic oxidation sites excluding steroid dienone is 1. The number of ether oxygens (including phenoxy) is 3. The van der Waals surface area contributed by atoms with E-state index in [9.17, 15) is 14.4 Å². The summed E-state index contributed by atoms with van der Waals surface area (Å²) in [5, 5.41) is 1.93. The van der Waals surface area contributed by atoms with Crippen molar-refractivity contribution in [2.24, 2.45) is 17.8 Å². The van der Waals surface area contributed by atoms with Crippen LogP contribution in [0.1, 0.15) is 22.6 Å². The molecule has 4 aromatic rings. The molecule has 196 valence electrons. The molecule has 0 unspecified atom stereocenters. The van der Waals surface area contributed by atoms with E-state index in [1.54, 1.807) is 6.07 Å². The van der Waals surface area contributed by atoms with Crippen LogP contribution in [0.15, 0.2) is 84.9 Å². The maximum atomic E-state index is 14.2. The number of benzene rings is 4. The first-order chi connectivity index (χ1) is 19.5. The number of fused-ring (bicyclic) bond motifs is 7. The second kappa shape index (κ2) is 8.29. The van der Waals surface area contributed by atoms with Crippen LogP contribution < -0.4 is 19.1 Å². The van der Waals surface area contributed by atoms with Gasteiger partial charge in [0, 0.05) is 11.5 Å². The number of nitrogens with zero attached hydrogens (tertiary/aromatic N) is 1. The van der Waals surface area contributed by atoms with Crippen LogP contribution >= 0.6 is 0 Å². The van der Waals surface area contributed by atoms with Gasteiger partial charge in [-0.05, 0) is 64.7 Å². The van der Waals surface area contributed by atoms with Crippen molar-refractivity contribution in [1.82, 2.24) is 0 Å². The summed E-state index contributed by atoms with van der Waals surface area (Å²) >= 11 is 0. The number of aryl methyl sites for hydroxylation is 1. The van der Waals surface area contributed by atoms with E-state index in [4.69, 9.17) is 14.2 Å². The smallest absolute Gasteiger partial charge is 0.319 e. The summed E-state index contributed by atoms with van der Waals surface area (Å²) in [4.78, 5) is 43.3. The number of hydrogen-bond acceptors (Lipinski definition) is 6. The predicted molar refractivity (Wildman–Crippen MR) is 147 cm³/mol. The third-order valence-electron chi connectivity index (χ3n) is 8.52. The highest BCUT2D eigenvalue weighted by Crippen LogP contribution is 2.55. The second-order valence-electron chi connectivity index (χ2n) is 10.8. The maximum Gasteiger partial charge on any atom is 0.319 e. The molecule has 3 heterocycles. The average Bonchev–Trinajstić information content (AvgIpc) is 3.53. The van der Waals surface area contributed by atoms with E-state index in [1.165, 1.54) is 4.90 Å². The summed E-state index contributed by atoms with van der Waals surface area (Å²) in [7, 11) is 0. The van der Waals surface area contributed by atoms with E-state index in [0.717, 1.165) is 33.0 Å². The molecule has 40 heavy (non-hydrogen) atoms. The molecule has 1 fully saturated rings. The van der Waals surface area contributed by atoms with Crippen LogP contribution in [0.5, 0.6) is 17.2 Å². The van der Waals surface area contributed by atoms with Crippen LogP contribution in [-0.4, -0.2) is 24.6 Å². The van der Waals surface area contributed by atoms with E-state index in [0.29, 0.717) is 22.9 Å². The van der Waals surface area contributed by atoms with E-state index in [2.05, 4.69) is 0 Å². The summed E-state index contributed by atoms with van der Waals surface area (Å²) < 4.78 is 16.9. The molecule has 4 atom stereocenters. The molecular formula is C33H23NO6. The van der Waals surface area contributed by atoms with Gasteiger partial charge in [-0.25, -0.2) is 4.90 Å².